The number of rotatable bonds is 3. The van der Waals surface area contributed by atoms with Crippen molar-refractivity contribution in [2.45, 2.75) is 43.9 Å². The average Bonchev–Trinajstić information content (AvgIpc) is 2.77. The molecule has 6 atom stereocenters. The van der Waals surface area contributed by atoms with Gasteiger partial charge in [-0.1, -0.05) is 30.3 Å². The van der Waals surface area contributed by atoms with Crippen LogP contribution in [-0.4, -0.2) is 47.5 Å². The highest BCUT2D eigenvalue weighted by atomic mass is 16.8. The van der Waals surface area contributed by atoms with Crippen LogP contribution in [0.4, 0.5) is 0 Å². The molecule has 0 bridgehead atoms. The first kappa shape index (κ1) is 20.2. The van der Waals surface area contributed by atoms with Crippen LogP contribution in [-0.2, 0) is 14.2 Å². The fourth-order valence-corrected chi connectivity index (χ4v) is 3.97. The minimum absolute atomic E-state index is 0.166. The van der Waals surface area contributed by atoms with Crippen LogP contribution in [0.25, 0.3) is 11.0 Å². The summed E-state index contributed by atoms with van der Waals surface area (Å²) in [7, 11) is 0. The molecule has 8 nitrogen and oxygen atoms in total. The zero-order valence-corrected chi connectivity index (χ0v) is 16.7. The number of aliphatic hydroxyl groups excluding tert-OH is 2. The predicted octanol–water partition coefficient (Wildman–Crippen LogP) is 2.04. The van der Waals surface area contributed by atoms with Crippen molar-refractivity contribution >= 4 is 11.0 Å². The van der Waals surface area contributed by atoms with Crippen molar-refractivity contribution in [2.75, 3.05) is 6.61 Å². The third-order valence-corrected chi connectivity index (χ3v) is 5.58. The molecule has 162 valence electrons. The number of aliphatic hydroxyl groups is 2. The molecule has 1 aromatic heterocycles. The van der Waals surface area contributed by atoms with Gasteiger partial charge in [-0.3, -0.25) is 0 Å². The van der Waals surface area contributed by atoms with E-state index < -0.39 is 42.6 Å². The number of hydrogen-bond acceptors (Lipinski definition) is 8. The second-order valence-electron chi connectivity index (χ2n) is 7.73. The Morgan fingerprint density at radius 2 is 1.81 bits per heavy atom. The lowest BCUT2D eigenvalue weighted by Gasteiger charge is -2.46. The molecule has 0 spiro atoms. The van der Waals surface area contributed by atoms with Crippen molar-refractivity contribution in [3.8, 4) is 5.75 Å². The fourth-order valence-electron chi connectivity index (χ4n) is 3.97. The molecule has 0 saturated carbocycles. The molecule has 2 saturated heterocycles. The Bertz CT molecular complexity index is 1130. The summed E-state index contributed by atoms with van der Waals surface area (Å²) in [5, 5.41) is 22.1. The Morgan fingerprint density at radius 1 is 1.00 bits per heavy atom. The lowest BCUT2D eigenvalue weighted by Crippen LogP contribution is -2.62. The Labute approximate surface area is 177 Å². The minimum Gasteiger partial charge on any atom is -0.462 e. The second kappa shape index (κ2) is 8.07. The van der Waals surface area contributed by atoms with Gasteiger partial charge >= 0.3 is 5.63 Å². The van der Waals surface area contributed by atoms with Gasteiger partial charge in [0.1, 0.15) is 35.7 Å². The summed E-state index contributed by atoms with van der Waals surface area (Å²) in [5.41, 5.74) is 1.50. The molecule has 2 aliphatic rings. The summed E-state index contributed by atoms with van der Waals surface area (Å²) in [4.78, 5) is 11.7. The van der Waals surface area contributed by atoms with Crippen molar-refractivity contribution < 1.29 is 33.6 Å². The van der Waals surface area contributed by atoms with Gasteiger partial charge in [0, 0.05) is 23.1 Å². The SMILES string of the molecule is Cc1cc(=O)oc2cc(O[C@@H]3O[C@H]4CO[C@H](c5ccccc5)O[C@@H]4[C@H](O)[C@H]3O)ccc12. The summed E-state index contributed by atoms with van der Waals surface area (Å²) in [6.07, 6.45) is -5.78. The first-order valence-corrected chi connectivity index (χ1v) is 10.0. The third-order valence-electron chi connectivity index (χ3n) is 5.58. The quantitative estimate of drug-likeness (QED) is 0.613. The van der Waals surface area contributed by atoms with Gasteiger partial charge in [-0.2, -0.15) is 0 Å². The van der Waals surface area contributed by atoms with Gasteiger partial charge in [0.05, 0.1) is 6.61 Å². The molecule has 5 rings (SSSR count). The van der Waals surface area contributed by atoms with Crippen molar-refractivity contribution in [3.63, 3.8) is 0 Å². The van der Waals surface area contributed by atoms with Crippen molar-refractivity contribution in [1.82, 2.24) is 0 Å². The van der Waals surface area contributed by atoms with Gasteiger partial charge in [0.25, 0.3) is 0 Å². The highest BCUT2D eigenvalue weighted by Gasteiger charge is 2.49. The summed E-state index contributed by atoms with van der Waals surface area (Å²) in [6, 6.07) is 15.8. The largest absolute Gasteiger partial charge is 0.462 e. The molecule has 8 heteroatoms. The molecule has 31 heavy (non-hydrogen) atoms. The summed E-state index contributed by atoms with van der Waals surface area (Å²) in [6.45, 7) is 1.98. The summed E-state index contributed by atoms with van der Waals surface area (Å²) in [5.74, 6) is 0.329. The van der Waals surface area contributed by atoms with Crippen molar-refractivity contribution in [2.24, 2.45) is 0 Å². The van der Waals surface area contributed by atoms with Gasteiger partial charge in [0.2, 0.25) is 6.29 Å². The standard InChI is InChI=1S/C23H22O8/c1-12-9-18(24)29-16-10-14(7-8-15(12)16)28-23-20(26)19(25)21-17(30-23)11-27-22(31-21)13-5-3-2-4-6-13/h2-10,17,19-23,25-26H,11H2,1H3/t17-,19+,20+,21-,22-,23+/m0/s1. The van der Waals surface area contributed by atoms with Gasteiger partial charge in [-0.25, -0.2) is 4.79 Å². The van der Waals surface area contributed by atoms with E-state index >= 15 is 0 Å². The molecule has 3 heterocycles. The van der Waals surface area contributed by atoms with E-state index in [1.165, 1.54) is 6.07 Å². The van der Waals surface area contributed by atoms with Crippen LogP contribution in [0.5, 0.6) is 5.75 Å². The second-order valence-corrected chi connectivity index (χ2v) is 7.73. The molecule has 0 unspecified atom stereocenters. The molecule has 3 aromatic rings. The molecule has 0 radical (unpaired) electrons. The zero-order valence-electron chi connectivity index (χ0n) is 16.7. The van der Waals surface area contributed by atoms with E-state index in [0.29, 0.717) is 11.3 Å². The topological polar surface area (TPSA) is 108 Å². The first-order valence-electron chi connectivity index (χ1n) is 10.0. The maximum atomic E-state index is 11.7. The number of aryl methyl sites for hydroxylation is 1. The van der Waals surface area contributed by atoms with Gasteiger partial charge < -0.3 is 33.6 Å². The van der Waals surface area contributed by atoms with E-state index in [1.54, 1.807) is 18.2 Å². The molecule has 2 fully saturated rings. The van der Waals surface area contributed by atoms with Crippen LogP contribution in [0.15, 0.2) is 63.8 Å². The molecular weight excluding hydrogens is 404 g/mol. The fraction of sp³-hybridized carbons (Fsp3) is 0.348. The van der Waals surface area contributed by atoms with E-state index in [2.05, 4.69) is 0 Å². The number of benzene rings is 2. The molecule has 2 aliphatic heterocycles. The van der Waals surface area contributed by atoms with Crippen LogP contribution >= 0.6 is 0 Å². The maximum absolute atomic E-state index is 11.7. The lowest BCUT2D eigenvalue weighted by molar-refractivity contribution is -0.350. The lowest BCUT2D eigenvalue weighted by atomic mass is 9.98. The van der Waals surface area contributed by atoms with Gasteiger partial charge in [0.15, 0.2) is 6.29 Å². The van der Waals surface area contributed by atoms with Gasteiger partial charge in [-0.15, -0.1) is 0 Å². The monoisotopic (exact) mass is 426 g/mol. The van der Waals surface area contributed by atoms with Crippen LogP contribution in [0.3, 0.4) is 0 Å². The number of fused-ring (bicyclic) bond motifs is 2. The highest BCUT2D eigenvalue weighted by molar-refractivity contribution is 5.81. The Balaban J connectivity index is 1.33. The van der Waals surface area contributed by atoms with E-state index in [-0.39, 0.29) is 6.61 Å². The molecule has 2 N–H and O–H groups in total. The first-order chi connectivity index (χ1) is 15.0. The van der Waals surface area contributed by atoms with Crippen molar-refractivity contribution in [1.29, 1.82) is 0 Å². The normalized spacial score (nSPS) is 30.7. The zero-order chi connectivity index (χ0) is 21.5. The Kier molecular flexibility index (Phi) is 5.25. The van der Waals surface area contributed by atoms with E-state index in [4.69, 9.17) is 23.4 Å². The average molecular weight is 426 g/mol. The number of hydrogen-bond donors (Lipinski definition) is 2. The van der Waals surface area contributed by atoms with E-state index in [9.17, 15) is 15.0 Å². The minimum atomic E-state index is -1.35. The molecule has 0 aliphatic carbocycles. The maximum Gasteiger partial charge on any atom is 0.336 e. The van der Waals surface area contributed by atoms with E-state index in [1.807, 2.05) is 37.3 Å². The highest BCUT2D eigenvalue weighted by Crippen LogP contribution is 2.35. The summed E-state index contributed by atoms with van der Waals surface area (Å²) < 4.78 is 28.5. The third kappa shape index (κ3) is 3.84. The Hall–Kier alpha value is -2.75. The van der Waals surface area contributed by atoms with Crippen molar-refractivity contribution in [3.05, 3.63) is 76.1 Å². The molecule has 0 amide bonds. The van der Waals surface area contributed by atoms with Crippen LogP contribution < -0.4 is 10.4 Å². The van der Waals surface area contributed by atoms with Crippen LogP contribution in [0, 0.1) is 6.92 Å². The predicted molar refractivity (Wildman–Crippen MR) is 109 cm³/mol. The Morgan fingerprint density at radius 3 is 2.61 bits per heavy atom. The van der Waals surface area contributed by atoms with Crippen LogP contribution in [0.2, 0.25) is 0 Å². The summed E-state index contributed by atoms with van der Waals surface area (Å²) >= 11 is 0. The smallest absolute Gasteiger partial charge is 0.336 e. The van der Waals surface area contributed by atoms with E-state index in [0.717, 1.165) is 16.5 Å². The van der Waals surface area contributed by atoms with Crippen LogP contribution in [0.1, 0.15) is 17.4 Å². The molecular formula is C23H22O8. The molecule has 2 aromatic carbocycles. The van der Waals surface area contributed by atoms with Gasteiger partial charge in [-0.05, 0) is 24.6 Å². The number of ether oxygens (including phenoxy) is 4.